The number of methoxy groups -OCH3 is 1. The van der Waals surface area contributed by atoms with E-state index in [4.69, 9.17) is 9.47 Å². The third-order valence-corrected chi connectivity index (χ3v) is 4.53. The fraction of sp³-hybridized carbons (Fsp3) is 0.200. The third-order valence-electron chi connectivity index (χ3n) is 4.53. The van der Waals surface area contributed by atoms with E-state index in [-0.39, 0.29) is 28.5 Å². The van der Waals surface area contributed by atoms with Crippen LogP contribution in [0.15, 0.2) is 48.7 Å². The monoisotopic (exact) mass is 441 g/mol. The molecular weight excluding hydrogens is 422 g/mol. The van der Waals surface area contributed by atoms with Crippen molar-refractivity contribution in [1.82, 2.24) is 9.78 Å². The Balaban J connectivity index is 1.87. The van der Waals surface area contributed by atoms with Crippen LogP contribution in [0.25, 0.3) is 0 Å². The zero-order valence-electron chi connectivity index (χ0n) is 17.3. The molecular formula is C20H19N5O7. The predicted octanol–water partition coefficient (Wildman–Crippen LogP) is 4.01. The fourth-order valence-electron chi connectivity index (χ4n) is 2.87. The summed E-state index contributed by atoms with van der Waals surface area (Å²) >= 11 is 0. The maximum atomic E-state index is 12.7. The molecule has 0 saturated heterocycles. The van der Waals surface area contributed by atoms with Crippen LogP contribution in [0.1, 0.15) is 18.7 Å². The summed E-state index contributed by atoms with van der Waals surface area (Å²) in [5, 5.41) is 28.9. The lowest BCUT2D eigenvalue weighted by molar-refractivity contribution is -0.385. The lowest BCUT2D eigenvalue weighted by Gasteiger charge is -2.14. The number of amides is 1. The van der Waals surface area contributed by atoms with Crippen molar-refractivity contribution in [2.75, 3.05) is 12.4 Å². The summed E-state index contributed by atoms with van der Waals surface area (Å²) in [7, 11) is 1.46. The van der Waals surface area contributed by atoms with Gasteiger partial charge in [0.25, 0.3) is 5.69 Å². The first-order valence-electron chi connectivity index (χ1n) is 9.31. The van der Waals surface area contributed by atoms with Crippen LogP contribution in [0.4, 0.5) is 17.1 Å². The number of ether oxygens (including phenoxy) is 2. The number of hydrogen-bond acceptors (Lipinski definition) is 8. The van der Waals surface area contributed by atoms with Crippen LogP contribution in [0.3, 0.4) is 0 Å². The number of para-hydroxylation sites is 2. The number of hydrogen-bond donors (Lipinski definition) is 1. The molecule has 1 N–H and O–H groups in total. The van der Waals surface area contributed by atoms with Gasteiger partial charge >= 0.3 is 5.69 Å². The first-order chi connectivity index (χ1) is 15.2. The minimum atomic E-state index is -0.916. The van der Waals surface area contributed by atoms with E-state index in [0.29, 0.717) is 11.5 Å². The van der Waals surface area contributed by atoms with E-state index in [1.165, 1.54) is 39.2 Å². The van der Waals surface area contributed by atoms with Crippen molar-refractivity contribution < 1.29 is 24.1 Å². The molecule has 3 aromatic rings. The molecule has 0 aliphatic rings. The van der Waals surface area contributed by atoms with Crippen molar-refractivity contribution >= 4 is 23.0 Å². The van der Waals surface area contributed by atoms with Crippen LogP contribution >= 0.6 is 0 Å². The Bertz CT molecular complexity index is 1190. The van der Waals surface area contributed by atoms with Crippen molar-refractivity contribution in [3.8, 4) is 17.2 Å². The molecule has 1 aromatic heterocycles. The number of rotatable bonds is 8. The third kappa shape index (κ3) is 4.80. The SMILES string of the molecule is COc1ccccc1Oc1cc(NC(=O)C(C)n2cc([N+](=O)[O-])c(C)n2)cc([N+](=O)[O-])c1. The normalized spacial score (nSPS) is 11.5. The maximum absolute atomic E-state index is 12.7. The highest BCUT2D eigenvalue weighted by Crippen LogP contribution is 2.34. The standard InChI is InChI=1S/C20H19N5O7/c1-12-17(25(29)30)11-23(22-12)13(2)20(26)21-14-8-15(24(27)28)10-16(9-14)32-19-7-5-4-6-18(19)31-3/h4-11,13H,1-3H3,(H,21,26). The van der Waals surface area contributed by atoms with Gasteiger partial charge in [0, 0.05) is 12.1 Å². The number of benzene rings is 2. The molecule has 1 amide bonds. The second-order valence-corrected chi connectivity index (χ2v) is 6.73. The van der Waals surface area contributed by atoms with Gasteiger partial charge in [-0.1, -0.05) is 12.1 Å². The van der Waals surface area contributed by atoms with E-state index in [1.807, 2.05) is 0 Å². The molecule has 0 bridgehead atoms. The van der Waals surface area contributed by atoms with Crippen LogP contribution in [0, 0.1) is 27.2 Å². The lowest BCUT2D eigenvalue weighted by Crippen LogP contribution is -2.24. The molecule has 0 aliphatic carbocycles. The Morgan fingerprint density at radius 3 is 2.41 bits per heavy atom. The molecule has 166 valence electrons. The van der Waals surface area contributed by atoms with Crippen molar-refractivity contribution in [2.24, 2.45) is 0 Å². The summed E-state index contributed by atoms with van der Waals surface area (Å²) in [6, 6.07) is 9.65. The summed E-state index contributed by atoms with van der Waals surface area (Å²) in [4.78, 5) is 33.9. The second kappa shape index (κ2) is 9.12. The molecule has 1 heterocycles. The molecule has 1 atom stereocenters. The average molecular weight is 441 g/mol. The fourth-order valence-corrected chi connectivity index (χ4v) is 2.87. The zero-order valence-corrected chi connectivity index (χ0v) is 17.3. The maximum Gasteiger partial charge on any atom is 0.309 e. The molecule has 0 aliphatic heterocycles. The molecule has 12 heteroatoms. The second-order valence-electron chi connectivity index (χ2n) is 6.73. The van der Waals surface area contributed by atoms with Crippen molar-refractivity contribution in [3.63, 3.8) is 0 Å². The van der Waals surface area contributed by atoms with Gasteiger partial charge < -0.3 is 14.8 Å². The number of aryl methyl sites for hydroxylation is 1. The van der Waals surface area contributed by atoms with Gasteiger partial charge in [-0.15, -0.1) is 0 Å². The van der Waals surface area contributed by atoms with E-state index in [1.54, 1.807) is 24.3 Å². The van der Waals surface area contributed by atoms with Crippen LogP contribution in [-0.4, -0.2) is 32.6 Å². The van der Waals surface area contributed by atoms with Crippen molar-refractivity contribution in [3.05, 3.63) is 74.6 Å². The summed E-state index contributed by atoms with van der Waals surface area (Å²) < 4.78 is 12.1. The Kier molecular flexibility index (Phi) is 6.33. The highest BCUT2D eigenvalue weighted by molar-refractivity contribution is 5.94. The molecule has 0 radical (unpaired) electrons. The molecule has 12 nitrogen and oxygen atoms in total. The average Bonchev–Trinajstić information content (AvgIpc) is 3.15. The highest BCUT2D eigenvalue weighted by Gasteiger charge is 2.23. The Labute approximate surface area is 181 Å². The zero-order chi connectivity index (χ0) is 23.4. The van der Waals surface area contributed by atoms with Crippen LogP contribution in [-0.2, 0) is 4.79 Å². The number of carbonyl (C=O) groups excluding carboxylic acids is 1. The number of nitro benzene ring substituents is 1. The van der Waals surface area contributed by atoms with Gasteiger partial charge in [0.05, 0.1) is 28.7 Å². The van der Waals surface area contributed by atoms with E-state index >= 15 is 0 Å². The van der Waals surface area contributed by atoms with Gasteiger partial charge in [-0.05, 0) is 26.0 Å². The predicted molar refractivity (Wildman–Crippen MR) is 113 cm³/mol. The molecule has 0 spiro atoms. The summed E-state index contributed by atoms with van der Waals surface area (Å²) in [6.07, 6.45) is 1.16. The van der Waals surface area contributed by atoms with Crippen LogP contribution in [0.5, 0.6) is 17.2 Å². The van der Waals surface area contributed by atoms with Gasteiger partial charge in [0.1, 0.15) is 23.7 Å². The number of nitrogens with zero attached hydrogens (tertiary/aromatic N) is 4. The van der Waals surface area contributed by atoms with Crippen molar-refractivity contribution in [2.45, 2.75) is 19.9 Å². The van der Waals surface area contributed by atoms with Gasteiger partial charge in [0.15, 0.2) is 11.5 Å². The van der Waals surface area contributed by atoms with Crippen LogP contribution in [0.2, 0.25) is 0 Å². The lowest BCUT2D eigenvalue weighted by atomic mass is 10.2. The van der Waals surface area contributed by atoms with Gasteiger partial charge in [-0.25, -0.2) is 0 Å². The Hall–Kier alpha value is -4.48. The number of nitrogens with one attached hydrogen (secondary N) is 1. The van der Waals surface area contributed by atoms with E-state index in [2.05, 4.69) is 10.4 Å². The first-order valence-corrected chi connectivity index (χ1v) is 9.31. The van der Waals surface area contributed by atoms with E-state index in [9.17, 15) is 25.0 Å². The summed E-state index contributed by atoms with van der Waals surface area (Å²) in [6.45, 7) is 2.95. The smallest absolute Gasteiger partial charge is 0.309 e. The van der Waals surface area contributed by atoms with Gasteiger partial charge in [0.2, 0.25) is 5.91 Å². The minimum absolute atomic E-state index is 0.109. The van der Waals surface area contributed by atoms with E-state index < -0.39 is 21.8 Å². The Morgan fingerprint density at radius 1 is 1.12 bits per heavy atom. The van der Waals surface area contributed by atoms with Crippen molar-refractivity contribution in [1.29, 1.82) is 0 Å². The molecule has 0 saturated carbocycles. The molecule has 0 fully saturated rings. The molecule has 3 rings (SSSR count). The van der Waals surface area contributed by atoms with Crippen LogP contribution < -0.4 is 14.8 Å². The molecule has 2 aromatic carbocycles. The quantitative estimate of drug-likeness (QED) is 0.406. The number of non-ortho nitro benzene ring substituents is 1. The number of anilines is 1. The van der Waals surface area contributed by atoms with Gasteiger partial charge in [-0.2, -0.15) is 5.10 Å². The largest absolute Gasteiger partial charge is 0.493 e. The summed E-state index contributed by atoms with van der Waals surface area (Å²) in [5.41, 5.74) is -0.241. The topological polar surface area (TPSA) is 152 Å². The highest BCUT2D eigenvalue weighted by atomic mass is 16.6. The molecule has 1 unspecified atom stereocenters. The number of nitro groups is 2. The minimum Gasteiger partial charge on any atom is -0.493 e. The first kappa shape index (κ1) is 22.2. The van der Waals surface area contributed by atoms with E-state index in [0.717, 1.165) is 10.9 Å². The van der Waals surface area contributed by atoms with Gasteiger partial charge in [-0.3, -0.25) is 29.7 Å². The summed E-state index contributed by atoms with van der Waals surface area (Å²) in [5.74, 6) is 0.290. The Morgan fingerprint density at radius 2 is 1.81 bits per heavy atom. The molecule has 32 heavy (non-hydrogen) atoms. The number of carbonyl (C=O) groups is 1. The number of aromatic nitrogens is 2.